The molecule has 1 amide bonds. The Hall–Kier alpha value is -2.47. The van der Waals surface area contributed by atoms with E-state index in [9.17, 15) is 9.18 Å². The van der Waals surface area contributed by atoms with Crippen molar-refractivity contribution in [3.8, 4) is 0 Å². The predicted octanol–water partition coefficient (Wildman–Crippen LogP) is 4.44. The van der Waals surface area contributed by atoms with E-state index in [2.05, 4.69) is 10.3 Å². The van der Waals surface area contributed by atoms with Crippen LogP contribution < -0.4 is 5.32 Å². The number of carbonyl (C=O) groups is 1. The number of anilines is 1. The van der Waals surface area contributed by atoms with E-state index in [0.717, 1.165) is 16.3 Å². The lowest BCUT2D eigenvalue weighted by Crippen LogP contribution is -2.17. The Morgan fingerprint density at radius 3 is 2.38 bits per heavy atom. The van der Waals surface area contributed by atoms with E-state index in [4.69, 9.17) is 4.99 Å². The largest absolute Gasteiger partial charge is 0.325 e. The highest BCUT2D eigenvalue weighted by Crippen LogP contribution is 2.27. The quantitative estimate of drug-likeness (QED) is 0.866. The highest BCUT2D eigenvalue weighted by molar-refractivity contribution is 8.16. The molecule has 0 radical (unpaired) electrons. The number of benzene rings is 2. The van der Waals surface area contributed by atoms with Crippen LogP contribution in [0.5, 0.6) is 0 Å². The summed E-state index contributed by atoms with van der Waals surface area (Å²) in [5.41, 5.74) is 3.02. The molecule has 1 N–H and O–H groups in total. The van der Waals surface area contributed by atoms with Crippen LogP contribution in [0, 0.1) is 12.7 Å². The van der Waals surface area contributed by atoms with Gasteiger partial charge in [-0.3, -0.25) is 9.79 Å². The Kier molecular flexibility index (Phi) is 5.23. The topological polar surface area (TPSA) is 53.8 Å². The Morgan fingerprint density at radius 2 is 1.73 bits per heavy atom. The second kappa shape index (κ2) is 7.41. The predicted molar refractivity (Wildman–Crippen MR) is 107 cm³/mol. The first-order chi connectivity index (χ1) is 12.3. The van der Waals surface area contributed by atoms with Crippen molar-refractivity contribution < 1.29 is 9.18 Å². The number of hydrogen-bond donors (Lipinski definition) is 1. The standard InChI is InChI=1S/C20H20FN3OS/c1-13-4-6-14(7-5-13)18-19(24-20(2,3)23-18)26-12-17(25)22-16-10-8-15(21)9-11-16/h4-11H,12H2,1-3H3,(H,22,25). The van der Waals surface area contributed by atoms with Gasteiger partial charge in [0.15, 0.2) is 0 Å². The lowest BCUT2D eigenvalue weighted by molar-refractivity contribution is -0.113. The van der Waals surface area contributed by atoms with Gasteiger partial charge in [0, 0.05) is 11.3 Å². The highest BCUT2D eigenvalue weighted by atomic mass is 32.2. The van der Waals surface area contributed by atoms with Crippen molar-refractivity contribution in [3.05, 3.63) is 65.5 Å². The fourth-order valence-electron chi connectivity index (χ4n) is 2.51. The van der Waals surface area contributed by atoms with E-state index >= 15 is 0 Å². The van der Waals surface area contributed by atoms with Crippen molar-refractivity contribution >= 4 is 34.1 Å². The zero-order valence-electron chi connectivity index (χ0n) is 14.9. The van der Waals surface area contributed by atoms with E-state index in [1.165, 1.54) is 41.6 Å². The van der Waals surface area contributed by atoms with Gasteiger partial charge in [-0.05, 0) is 45.0 Å². The van der Waals surface area contributed by atoms with Gasteiger partial charge in [0.2, 0.25) is 5.91 Å². The second-order valence-corrected chi connectivity index (χ2v) is 7.55. The fraction of sp³-hybridized carbons (Fsp3) is 0.250. The van der Waals surface area contributed by atoms with Crippen LogP contribution in [0.25, 0.3) is 0 Å². The van der Waals surface area contributed by atoms with Gasteiger partial charge in [0.1, 0.15) is 16.5 Å². The lowest BCUT2D eigenvalue weighted by atomic mass is 10.1. The van der Waals surface area contributed by atoms with Crippen molar-refractivity contribution in [2.24, 2.45) is 9.98 Å². The van der Waals surface area contributed by atoms with Crippen molar-refractivity contribution in [2.75, 3.05) is 11.1 Å². The lowest BCUT2D eigenvalue weighted by Gasteiger charge is -2.07. The van der Waals surface area contributed by atoms with Crippen LogP contribution >= 0.6 is 11.8 Å². The third-order valence-corrected chi connectivity index (χ3v) is 4.72. The molecule has 1 aliphatic heterocycles. The van der Waals surface area contributed by atoms with E-state index in [-0.39, 0.29) is 17.5 Å². The smallest absolute Gasteiger partial charge is 0.234 e. The maximum absolute atomic E-state index is 12.9. The molecule has 134 valence electrons. The van der Waals surface area contributed by atoms with Crippen LogP contribution in [0.2, 0.25) is 0 Å². The third-order valence-electron chi connectivity index (χ3n) is 3.76. The summed E-state index contributed by atoms with van der Waals surface area (Å²) in [5, 5.41) is 3.51. The number of aryl methyl sites for hydroxylation is 1. The van der Waals surface area contributed by atoms with Crippen LogP contribution in [0.1, 0.15) is 25.0 Å². The van der Waals surface area contributed by atoms with E-state index in [1.807, 2.05) is 45.0 Å². The fourth-order valence-corrected chi connectivity index (χ4v) is 3.44. The van der Waals surface area contributed by atoms with Crippen LogP contribution in [-0.2, 0) is 4.79 Å². The van der Waals surface area contributed by atoms with Crippen LogP contribution in [0.3, 0.4) is 0 Å². The third kappa shape index (κ3) is 4.58. The summed E-state index contributed by atoms with van der Waals surface area (Å²) < 4.78 is 12.9. The Bertz CT molecular complexity index is 871. The molecule has 2 aromatic rings. The van der Waals surface area contributed by atoms with Gasteiger partial charge in [-0.15, -0.1) is 0 Å². The molecule has 3 rings (SSSR count). The maximum Gasteiger partial charge on any atom is 0.234 e. The number of halogens is 1. The van der Waals surface area contributed by atoms with E-state index in [1.54, 1.807) is 0 Å². The number of carbonyl (C=O) groups excluding carboxylic acids is 1. The van der Waals surface area contributed by atoms with Crippen LogP contribution in [-0.4, -0.2) is 28.1 Å². The Morgan fingerprint density at radius 1 is 1.08 bits per heavy atom. The Labute approximate surface area is 156 Å². The first-order valence-corrected chi connectivity index (χ1v) is 9.26. The molecule has 0 aliphatic carbocycles. The average molecular weight is 369 g/mol. The first kappa shape index (κ1) is 18.3. The SMILES string of the molecule is Cc1ccc(C2=NC(C)(C)N=C2SCC(=O)Nc2ccc(F)cc2)cc1. The van der Waals surface area contributed by atoms with Crippen molar-refractivity contribution in [3.63, 3.8) is 0 Å². The van der Waals surface area contributed by atoms with Gasteiger partial charge in [-0.25, -0.2) is 9.38 Å². The van der Waals surface area contributed by atoms with Crippen LogP contribution in [0.4, 0.5) is 10.1 Å². The monoisotopic (exact) mass is 369 g/mol. The summed E-state index contributed by atoms with van der Waals surface area (Å²) >= 11 is 1.36. The minimum atomic E-state index is -0.532. The molecule has 0 saturated carbocycles. The molecule has 0 spiro atoms. The molecular weight excluding hydrogens is 349 g/mol. The number of nitrogens with one attached hydrogen (secondary N) is 1. The van der Waals surface area contributed by atoms with Crippen molar-refractivity contribution in [1.29, 1.82) is 0 Å². The molecular formula is C20H20FN3OS. The second-order valence-electron chi connectivity index (χ2n) is 6.58. The average Bonchev–Trinajstić information content (AvgIpc) is 2.91. The van der Waals surface area contributed by atoms with E-state index < -0.39 is 5.66 Å². The molecule has 26 heavy (non-hydrogen) atoms. The molecule has 0 bridgehead atoms. The number of thioether (sulfide) groups is 1. The molecule has 0 saturated heterocycles. The zero-order valence-corrected chi connectivity index (χ0v) is 15.7. The molecule has 4 nitrogen and oxygen atoms in total. The van der Waals surface area contributed by atoms with Gasteiger partial charge in [0.25, 0.3) is 0 Å². The summed E-state index contributed by atoms with van der Waals surface area (Å²) in [6.07, 6.45) is 0. The summed E-state index contributed by atoms with van der Waals surface area (Å²) in [4.78, 5) is 21.5. The van der Waals surface area contributed by atoms with Gasteiger partial charge in [-0.2, -0.15) is 0 Å². The number of rotatable bonds is 4. The molecule has 0 fully saturated rings. The van der Waals surface area contributed by atoms with Gasteiger partial charge in [-0.1, -0.05) is 41.6 Å². The molecule has 0 aromatic heterocycles. The Balaban J connectivity index is 1.67. The minimum Gasteiger partial charge on any atom is -0.325 e. The number of amides is 1. The first-order valence-electron chi connectivity index (χ1n) is 8.28. The van der Waals surface area contributed by atoms with E-state index in [0.29, 0.717) is 5.69 Å². The molecule has 2 aromatic carbocycles. The molecule has 1 heterocycles. The summed E-state index contributed by atoms with van der Waals surface area (Å²) in [7, 11) is 0. The number of aliphatic imine (C=N–C) groups is 2. The highest BCUT2D eigenvalue weighted by Gasteiger charge is 2.28. The summed E-state index contributed by atoms with van der Waals surface area (Å²) in [6.45, 7) is 5.91. The van der Waals surface area contributed by atoms with Crippen molar-refractivity contribution in [1.82, 2.24) is 0 Å². The summed E-state index contributed by atoms with van der Waals surface area (Å²) in [6, 6.07) is 13.8. The van der Waals surface area contributed by atoms with Gasteiger partial charge in [0.05, 0.1) is 11.5 Å². The minimum absolute atomic E-state index is 0.169. The number of nitrogens with zero attached hydrogens (tertiary/aromatic N) is 2. The molecule has 0 unspecified atom stereocenters. The van der Waals surface area contributed by atoms with Gasteiger partial charge < -0.3 is 5.32 Å². The molecule has 0 atom stereocenters. The zero-order chi connectivity index (χ0) is 18.7. The number of hydrogen-bond acceptors (Lipinski definition) is 4. The van der Waals surface area contributed by atoms with Crippen molar-refractivity contribution in [2.45, 2.75) is 26.4 Å². The van der Waals surface area contributed by atoms with Gasteiger partial charge >= 0.3 is 0 Å². The maximum atomic E-state index is 12.9. The normalized spacial score (nSPS) is 15.4. The summed E-state index contributed by atoms with van der Waals surface area (Å²) in [5.74, 6) is -0.298. The molecule has 6 heteroatoms. The van der Waals surface area contributed by atoms with Crippen LogP contribution in [0.15, 0.2) is 58.5 Å². The molecule has 1 aliphatic rings.